The summed E-state index contributed by atoms with van der Waals surface area (Å²) in [6.07, 6.45) is 17.4. The van der Waals surface area contributed by atoms with Crippen LogP contribution in [0.4, 0.5) is 11.4 Å². The number of nitrogens with zero attached hydrogens (tertiary/aromatic N) is 1. The number of hydrogen-bond donors (Lipinski definition) is 0. The molecule has 0 amide bonds. The first-order valence-electron chi connectivity index (χ1n) is 10.8. The van der Waals surface area contributed by atoms with Gasteiger partial charge < -0.3 is 4.90 Å². The maximum absolute atomic E-state index is 3.94. The molecule has 0 aromatic heterocycles. The summed E-state index contributed by atoms with van der Waals surface area (Å²) < 4.78 is 0. The van der Waals surface area contributed by atoms with Crippen LogP contribution in [0.1, 0.15) is 57.1 Å². The van der Waals surface area contributed by atoms with Crippen LogP contribution in [0.25, 0.3) is 6.08 Å². The van der Waals surface area contributed by atoms with Crippen molar-refractivity contribution in [2.45, 2.75) is 52.4 Å². The summed E-state index contributed by atoms with van der Waals surface area (Å²) in [4.78, 5) is 2.29. The highest BCUT2D eigenvalue weighted by molar-refractivity contribution is 5.71. The molecule has 0 spiro atoms. The Kier molecular flexibility index (Phi) is 9.78. The minimum absolute atomic E-state index is 1.09. The molecule has 2 rings (SSSR count). The van der Waals surface area contributed by atoms with Gasteiger partial charge >= 0.3 is 0 Å². The van der Waals surface area contributed by atoms with Crippen LogP contribution in [-0.2, 0) is 6.42 Å². The molecule has 1 nitrogen and oxygen atoms in total. The Morgan fingerprint density at radius 1 is 0.862 bits per heavy atom. The van der Waals surface area contributed by atoms with Gasteiger partial charge in [0.15, 0.2) is 0 Å². The fraction of sp³-hybridized carbons (Fsp3) is 0.286. The molecule has 0 aliphatic rings. The average molecular weight is 386 g/mol. The second-order valence-corrected chi connectivity index (χ2v) is 7.27. The van der Waals surface area contributed by atoms with Crippen LogP contribution in [-0.4, -0.2) is 0 Å². The quantitative estimate of drug-likeness (QED) is 0.261. The Bertz CT molecular complexity index is 806. The van der Waals surface area contributed by atoms with Crippen LogP contribution in [0.3, 0.4) is 0 Å². The molecular weight excluding hydrogens is 350 g/mol. The lowest BCUT2D eigenvalue weighted by Crippen LogP contribution is -2.15. The first kappa shape index (κ1) is 22.5. The molecule has 0 saturated heterocycles. The number of rotatable bonds is 12. The van der Waals surface area contributed by atoms with Gasteiger partial charge in [-0.25, -0.2) is 0 Å². The lowest BCUT2D eigenvalue weighted by atomic mass is 10.1. The van der Waals surface area contributed by atoms with E-state index in [1.54, 1.807) is 0 Å². The number of allylic oxidation sites excluding steroid dienone is 4. The van der Waals surface area contributed by atoms with Crippen LogP contribution in [0.2, 0.25) is 0 Å². The van der Waals surface area contributed by atoms with Crippen molar-refractivity contribution in [3.8, 4) is 0 Å². The van der Waals surface area contributed by atoms with Gasteiger partial charge in [-0.1, -0.05) is 88.8 Å². The second-order valence-electron chi connectivity index (χ2n) is 7.27. The molecule has 2 aromatic carbocycles. The molecule has 0 atom stereocenters. The van der Waals surface area contributed by atoms with Gasteiger partial charge in [-0.05, 0) is 66.8 Å². The topological polar surface area (TPSA) is 3.24 Å². The predicted octanol–water partition coefficient (Wildman–Crippen LogP) is 8.63. The monoisotopic (exact) mass is 385 g/mol. The van der Waals surface area contributed by atoms with E-state index in [-0.39, 0.29) is 0 Å². The summed E-state index contributed by atoms with van der Waals surface area (Å²) in [6, 6.07) is 17.5. The fourth-order valence-corrected chi connectivity index (χ4v) is 3.25. The molecule has 0 saturated carbocycles. The molecule has 0 N–H and O–H groups in total. The van der Waals surface area contributed by atoms with E-state index in [9.17, 15) is 0 Å². The Labute approximate surface area is 177 Å². The Morgan fingerprint density at radius 3 is 2.03 bits per heavy atom. The highest BCUT2D eigenvalue weighted by Gasteiger charge is 2.13. The zero-order valence-corrected chi connectivity index (χ0v) is 18.1. The molecule has 1 heteroatoms. The van der Waals surface area contributed by atoms with E-state index >= 15 is 0 Å². The minimum Gasteiger partial charge on any atom is -0.311 e. The predicted molar refractivity (Wildman–Crippen MR) is 131 cm³/mol. The number of unbranched alkanes of at least 4 members (excludes halogenated alkanes) is 3. The van der Waals surface area contributed by atoms with Crippen LogP contribution in [0, 0.1) is 0 Å². The molecule has 2 aromatic rings. The molecule has 152 valence electrons. The van der Waals surface area contributed by atoms with Gasteiger partial charge in [0.1, 0.15) is 0 Å². The first-order valence-corrected chi connectivity index (χ1v) is 10.8. The highest BCUT2D eigenvalue weighted by atomic mass is 15.1. The van der Waals surface area contributed by atoms with Crippen LogP contribution in [0.15, 0.2) is 91.7 Å². The van der Waals surface area contributed by atoms with E-state index in [0.717, 1.165) is 35.5 Å². The Hall–Kier alpha value is -2.80. The van der Waals surface area contributed by atoms with E-state index in [1.165, 1.54) is 31.2 Å². The zero-order valence-electron chi connectivity index (χ0n) is 18.1. The molecule has 0 unspecified atom stereocenters. The van der Waals surface area contributed by atoms with Gasteiger partial charge in [-0.3, -0.25) is 0 Å². The van der Waals surface area contributed by atoms with Gasteiger partial charge in [0.25, 0.3) is 0 Å². The SMILES string of the molecule is C=C/C=C(\C=C/CCCC)N(c1ccc(C=C)cc1)c1ccc(CCCC)cc1. The fourth-order valence-electron chi connectivity index (χ4n) is 3.25. The summed E-state index contributed by atoms with van der Waals surface area (Å²) in [6.45, 7) is 12.3. The summed E-state index contributed by atoms with van der Waals surface area (Å²) in [5, 5.41) is 0. The Morgan fingerprint density at radius 2 is 1.48 bits per heavy atom. The normalized spacial score (nSPS) is 11.6. The molecule has 29 heavy (non-hydrogen) atoms. The van der Waals surface area contributed by atoms with Crippen molar-refractivity contribution in [3.05, 3.63) is 103 Å². The van der Waals surface area contributed by atoms with Crippen molar-refractivity contribution >= 4 is 17.5 Å². The van der Waals surface area contributed by atoms with Crippen LogP contribution in [0.5, 0.6) is 0 Å². The van der Waals surface area contributed by atoms with Crippen molar-refractivity contribution in [1.82, 2.24) is 0 Å². The van der Waals surface area contributed by atoms with Crippen LogP contribution >= 0.6 is 0 Å². The third-order valence-corrected chi connectivity index (χ3v) is 4.96. The molecular formula is C28H35N. The number of benzene rings is 2. The molecule has 0 aliphatic carbocycles. The van der Waals surface area contributed by atoms with Crippen LogP contribution < -0.4 is 4.90 Å². The van der Waals surface area contributed by atoms with Gasteiger partial charge in [0.2, 0.25) is 0 Å². The second kappa shape index (κ2) is 12.6. The van der Waals surface area contributed by atoms with E-state index in [1.807, 2.05) is 12.2 Å². The third-order valence-electron chi connectivity index (χ3n) is 4.96. The van der Waals surface area contributed by atoms with Gasteiger partial charge in [-0.2, -0.15) is 0 Å². The van der Waals surface area contributed by atoms with E-state index in [2.05, 4.69) is 98.7 Å². The number of hydrogen-bond acceptors (Lipinski definition) is 1. The molecule has 0 aliphatic heterocycles. The average Bonchev–Trinajstić information content (AvgIpc) is 2.76. The van der Waals surface area contributed by atoms with Crippen molar-refractivity contribution in [2.24, 2.45) is 0 Å². The maximum Gasteiger partial charge on any atom is 0.0462 e. The van der Waals surface area contributed by atoms with Crippen molar-refractivity contribution in [1.29, 1.82) is 0 Å². The standard InChI is InChI=1S/C28H35N/c1-5-9-11-12-15-26(13-7-3)29(27-20-16-24(8-4)17-21-27)28-22-18-25(19-23-28)14-10-6-2/h7-8,12-13,15-23H,3-6,9-11,14H2,1-2H3/b15-12-,26-13+. The van der Waals surface area contributed by atoms with E-state index < -0.39 is 0 Å². The lowest BCUT2D eigenvalue weighted by molar-refractivity contribution is 0.795. The number of anilines is 2. The first-order chi connectivity index (χ1) is 14.2. The minimum atomic E-state index is 1.09. The van der Waals surface area contributed by atoms with Gasteiger partial charge in [0.05, 0.1) is 0 Å². The molecule has 0 radical (unpaired) electrons. The maximum atomic E-state index is 3.94. The van der Waals surface area contributed by atoms with E-state index in [0.29, 0.717) is 0 Å². The smallest absolute Gasteiger partial charge is 0.0462 e. The largest absolute Gasteiger partial charge is 0.311 e. The molecule has 0 fully saturated rings. The van der Waals surface area contributed by atoms with Gasteiger partial charge in [-0.15, -0.1) is 0 Å². The van der Waals surface area contributed by atoms with E-state index in [4.69, 9.17) is 0 Å². The summed E-state index contributed by atoms with van der Waals surface area (Å²) in [7, 11) is 0. The highest BCUT2D eigenvalue weighted by Crippen LogP contribution is 2.31. The summed E-state index contributed by atoms with van der Waals surface area (Å²) >= 11 is 0. The zero-order chi connectivity index (χ0) is 20.9. The Balaban J connectivity index is 2.42. The van der Waals surface area contributed by atoms with Crippen molar-refractivity contribution in [2.75, 3.05) is 4.90 Å². The third kappa shape index (κ3) is 6.94. The van der Waals surface area contributed by atoms with Crippen molar-refractivity contribution in [3.63, 3.8) is 0 Å². The summed E-state index contributed by atoms with van der Waals surface area (Å²) in [5.41, 5.74) is 5.92. The van der Waals surface area contributed by atoms with Gasteiger partial charge in [0, 0.05) is 17.1 Å². The lowest BCUT2D eigenvalue weighted by Gasteiger charge is -2.26. The molecule has 0 heterocycles. The van der Waals surface area contributed by atoms with Crippen molar-refractivity contribution < 1.29 is 0 Å². The summed E-state index contributed by atoms with van der Waals surface area (Å²) in [5.74, 6) is 0. The molecule has 0 bridgehead atoms. The number of aryl methyl sites for hydroxylation is 1.